The molecule has 4 nitrogen and oxygen atoms in total. The Kier molecular flexibility index (Phi) is 3.08. The van der Waals surface area contributed by atoms with Gasteiger partial charge in [-0.2, -0.15) is 0 Å². The second kappa shape index (κ2) is 4.09. The number of carboxylic acids is 1. The molecule has 70 valence electrons. The van der Waals surface area contributed by atoms with Crippen molar-refractivity contribution in [2.24, 2.45) is 0 Å². The van der Waals surface area contributed by atoms with Gasteiger partial charge in [-0.15, -0.1) is 11.6 Å². The summed E-state index contributed by atoms with van der Waals surface area (Å²) in [6, 6.07) is 2.71. The van der Waals surface area contributed by atoms with E-state index in [0.717, 1.165) is 0 Å². The number of aromatic nitrogens is 1. The van der Waals surface area contributed by atoms with Crippen molar-refractivity contribution < 1.29 is 9.90 Å². The van der Waals surface area contributed by atoms with Crippen molar-refractivity contribution in [3.8, 4) is 0 Å². The van der Waals surface area contributed by atoms with Crippen LogP contribution in [-0.4, -0.2) is 21.0 Å². The van der Waals surface area contributed by atoms with Crippen LogP contribution >= 0.6 is 11.6 Å². The lowest BCUT2D eigenvalue weighted by atomic mass is 10.4. The van der Waals surface area contributed by atoms with Crippen molar-refractivity contribution in [3.63, 3.8) is 0 Å². The third-order valence-electron chi connectivity index (χ3n) is 1.50. The molecule has 1 atom stereocenters. The van der Waals surface area contributed by atoms with Crippen LogP contribution in [0.5, 0.6) is 0 Å². The predicted octanol–water partition coefficient (Wildman–Crippen LogP) is 0.540. The Morgan fingerprint density at radius 1 is 1.54 bits per heavy atom. The Labute approximate surface area is 79.4 Å². The van der Waals surface area contributed by atoms with E-state index in [4.69, 9.17) is 16.7 Å². The van der Waals surface area contributed by atoms with Crippen LogP contribution in [0, 0.1) is 0 Å². The minimum Gasteiger partial charge on any atom is -0.480 e. The smallest absolute Gasteiger partial charge is 0.323 e. The first kappa shape index (κ1) is 9.80. The number of carboxylic acid groups (broad SMARTS) is 1. The van der Waals surface area contributed by atoms with E-state index in [9.17, 15) is 9.59 Å². The summed E-state index contributed by atoms with van der Waals surface area (Å²) in [5, 5.41) is 7.52. The fourth-order valence-corrected chi connectivity index (χ4v) is 0.988. The molecule has 0 bridgehead atoms. The summed E-state index contributed by atoms with van der Waals surface area (Å²) < 4.78 is 1.55. The monoisotopic (exact) mass is 201 g/mol. The largest absolute Gasteiger partial charge is 0.480 e. The van der Waals surface area contributed by atoms with Gasteiger partial charge in [0, 0.05) is 31.1 Å². The van der Waals surface area contributed by atoms with Crippen LogP contribution in [0.3, 0.4) is 0 Å². The van der Waals surface area contributed by atoms with E-state index < -0.39 is 11.3 Å². The predicted molar refractivity (Wildman–Crippen MR) is 48.0 cm³/mol. The molecule has 1 aromatic heterocycles. The number of pyridine rings is 1. The van der Waals surface area contributed by atoms with Crippen LogP contribution in [0.25, 0.3) is 0 Å². The van der Waals surface area contributed by atoms with Gasteiger partial charge in [0.2, 0.25) is 0 Å². The highest BCUT2D eigenvalue weighted by atomic mass is 35.5. The average molecular weight is 202 g/mol. The van der Waals surface area contributed by atoms with Gasteiger partial charge in [0.1, 0.15) is 5.38 Å². The molecule has 0 radical (unpaired) electrons. The molecule has 1 aromatic rings. The average Bonchev–Trinajstić information content (AvgIpc) is 2.08. The lowest BCUT2D eigenvalue weighted by molar-refractivity contribution is -0.136. The highest BCUT2D eigenvalue weighted by molar-refractivity contribution is 6.29. The van der Waals surface area contributed by atoms with Gasteiger partial charge in [0.05, 0.1) is 0 Å². The molecule has 0 spiro atoms. The van der Waals surface area contributed by atoms with Gasteiger partial charge in [0.15, 0.2) is 5.43 Å². The fourth-order valence-electron chi connectivity index (χ4n) is 0.829. The van der Waals surface area contributed by atoms with Crippen LogP contribution in [0.2, 0.25) is 0 Å². The maximum Gasteiger partial charge on any atom is 0.323 e. The van der Waals surface area contributed by atoms with Crippen LogP contribution in [0.4, 0.5) is 0 Å². The number of nitrogens with zero attached hydrogens (tertiary/aromatic N) is 1. The van der Waals surface area contributed by atoms with Crippen molar-refractivity contribution in [2.45, 2.75) is 11.9 Å². The summed E-state index contributed by atoms with van der Waals surface area (Å²) in [6.07, 6.45) is 3.00. The van der Waals surface area contributed by atoms with Crippen LogP contribution in [0.1, 0.15) is 0 Å². The summed E-state index contributed by atoms with van der Waals surface area (Å²) in [7, 11) is 0. The third kappa shape index (κ3) is 2.91. The van der Waals surface area contributed by atoms with Gasteiger partial charge < -0.3 is 9.67 Å². The van der Waals surface area contributed by atoms with E-state index in [-0.39, 0.29) is 12.0 Å². The summed E-state index contributed by atoms with van der Waals surface area (Å²) >= 11 is 5.49. The Hall–Kier alpha value is -1.29. The van der Waals surface area contributed by atoms with Gasteiger partial charge in [-0.25, -0.2) is 0 Å². The molecule has 0 aliphatic heterocycles. The molecule has 0 saturated carbocycles. The van der Waals surface area contributed by atoms with Crippen LogP contribution < -0.4 is 5.43 Å². The number of hydrogen-bond acceptors (Lipinski definition) is 2. The van der Waals surface area contributed by atoms with Crippen molar-refractivity contribution in [1.82, 2.24) is 4.57 Å². The fraction of sp³-hybridized carbons (Fsp3) is 0.250. The standard InChI is InChI=1S/C8H8ClNO3/c9-7(8(12)13)5-10-3-1-6(11)2-4-10/h1-4,7H,5H2,(H,12,13). The van der Waals surface area contributed by atoms with E-state index in [0.29, 0.717) is 0 Å². The molecule has 1 heterocycles. The maximum absolute atomic E-state index is 10.7. The van der Waals surface area contributed by atoms with E-state index in [1.807, 2.05) is 0 Å². The molecule has 1 N–H and O–H groups in total. The summed E-state index contributed by atoms with van der Waals surface area (Å²) in [5.74, 6) is -1.07. The zero-order chi connectivity index (χ0) is 9.84. The molecule has 5 heteroatoms. The summed E-state index contributed by atoms with van der Waals surface area (Å²) in [5.41, 5.74) is -0.113. The lowest BCUT2D eigenvalue weighted by Crippen LogP contribution is -2.20. The number of alkyl halides is 1. The van der Waals surface area contributed by atoms with E-state index >= 15 is 0 Å². The molecular formula is C8H8ClNO3. The lowest BCUT2D eigenvalue weighted by Gasteiger charge is -2.06. The quantitative estimate of drug-likeness (QED) is 0.727. The molecule has 0 aliphatic carbocycles. The van der Waals surface area contributed by atoms with E-state index in [1.165, 1.54) is 24.5 Å². The molecule has 0 amide bonds. The SMILES string of the molecule is O=C(O)C(Cl)Cn1ccc(=O)cc1. The molecule has 1 rings (SSSR count). The number of hydrogen-bond donors (Lipinski definition) is 1. The van der Waals surface area contributed by atoms with Crippen LogP contribution in [0.15, 0.2) is 29.3 Å². The molecule has 1 unspecified atom stereocenters. The van der Waals surface area contributed by atoms with Gasteiger partial charge in [-0.1, -0.05) is 0 Å². The second-order valence-electron chi connectivity index (χ2n) is 2.54. The zero-order valence-electron chi connectivity index (χ0n) is 6.68. The molecule has 0 saturated heterocycles. The maximum atomic E-state index is 10.7. The first-order chi connectivity index (χ1) is 6.09. The highest BCUT2D eigenvalue weighted by Gasteiger charge is 2.12. The molecule has 0 aliphatic rings. The third-order valence-corrected chi connectivity index (χ3v) is 1.82. The minimum atomic E-state index is -1.07. The second-order valence-corrected chi connectivity index (χ2v) is 3.06. The van der Waals surface area contributed by atoms with Crippen LogP contribution in [-0.2, 0) is 11.3 Å². The number of halogens is 1. The molecule has 0 fully saturated rings. The zero-order valence-corrected chi connectivity index (χ0v) is 7.44. The molecular weight excluding hydrogens is 194 g/mol. The van der Waals surface area contributed by atoms with E-state index in [2.05, 4.69) is 0 Å². The topological polar surface area (TPSA) is 59.3 Å². The van der Waals surface area contributed by atoms with Gasteiger partial charge in [-0.05, 0) is 0 Å². The van der Waals surface area contributed by atoms with Crippen molar-refractivity contribution in [2.75, 3.05) is 0 Å². The van der Waals surface area contributed by atoms with E-state index in [1.54, 1.807) is 4.57 Å². The first-order valence-corrected chi connectivity index (χ1v) is 4.06. The van der Waals surface area contributed by atoms with Crippen molar-refractivity contribution in [1.29, 1.82) is 0 Å². The summed E-state index contributed by atoms with van der Waals surface area (Å²) in [4.78, 5) is 21.0. The Balaban J connectivity index is 2.70. The van der Waals surface area contributed by atoms with Crippen molar-refractivity contribution in [3.05, 3.63) is 34.7 Å². The van der Waals surface area contributed by atoms with Gasteiger partial charge >= 0.3 is 5.97 Å². The number of carbonyl (C=O) groups is 1. The summed E-state index contributed by atoms with van der Waals surface area (Å²) in [6.45, 7) is 0.150. The number of aliphatic carboxylic acids is 1. The Morgan fingerprint density at radius 3 is 2.54 bits per heavy atom. The highest BCUT2D eigenvalue weighted by Crippen LogP contribution is 1.99. The first-order valence-electron chi connectivity index (χ1n) is 3.62. The Morgan fingerprint density at radius 2 is 2.08 bits per heavy atom. The Bertz CT molecular complexity index is 340. The minimum absolute atomic E-state index is 0.113. The molecule has 13 heavy (non-hydrogen) atoms. The van der Waals surface area contributed by atoms with Gasteiger partial charge in [-0.3, -0.25) is 9.59 Å². The van der Waals surface area contributed by atoms with Crippen molar-refractivity contribution >= 4 is 17.6 Å². The van der Waals surface area contributed by atoms with Gasteiger partial charge in [0.25, 0.3) is 0 Å². The molecule has 0 aromatic carbocycles. The normalized spacial score (nSPS) is 12.4. The number of rotatable bonds is 3.